The van der Waals surface area contributed by atoms with Gasteiger partial charge >= 0.3 is 0 Å². The molecule has 132 valence electrons. The van der Waals surface area contributed by atoms with Gasteiger partial charge in [-0.25, -0.2) is 5.43 Å². The molecule has 0 fully saturated rings. The Kier molecular flexibility index (Phi) is 7.67. The van der Waals surface area contributed by atoms with E-state index in [2.05, 4.69) is 52.4 Å². The number of hydrazone groups is 1. The van der Waals surface area contributed by atoms with Crippen molar-refractivity contribution in [2.24, 2.45) is 5.10 Å². The first-order chi connectivity index (χ1) is 12.1. The van der Waals surface area contributed by atoms with E-state index in [1.54, 1.807) is 6.21 Å². The molecule has 0 aliphatic carbocycles. The summed E-state index contributed by atoms with van der Waals surface area (Å²) in [5.41, 5.74) is 4.94. The number of carbonyl (C=O) groups is 1. The quantitative estimate of drug-likeness (QED) is 0.514. The normalized spacial score (nSPS) is 11.0. The Bertz CT molecular complexity index is 715. The molecule has 0 aromatic heterocycles. The molecular weight excluding hydrogens is 380 g/mol. The molecule has 0 aliphatic heterocycles. The molecule has 0 radical (unpaired) electrons. The van der Waals surface area contributed by atoms with E-state index < -0.39 is 0 Å². The van der Waals surface area contributed by atoms with Crippen LogP contribution in [-0.4, -0.2) is 18.7 Å². The molecule has 0 unspecified atom stereocenters. The van der Waals surface area contributed by atoms with Crippen LogP contribution in [0.4, 0.5) is 0 Å². The molecular formula is C20H23BrN2O2. The van der Waals surface area contributed by atoms with Crippen molar-refractivity contribution in [1.29, 1.82) is 0 Å². The second-order valence-corrected chi connectivity index (χ2v) is 6.86. The van der Waals surface area contributed by atoms with Crippen LogP contribution in [0.15, 0.2) is 58.1 Å². The third kappa shape index (κ3) is 6.70. The highest BCUT2D eigenvalue weighted by Crippen LogP contribution is 2.28. The van der Waals surface area contributed by atoms with E-state index in [1.165, 1.54) is 11.1 Å². The van der Waals surface area contributed by atoms with Gasteiger partial charge in [-0.15, -0.1) is 0 Å². The molecule has 0 saturated carbocycles. The Labute approximate surface area is 157 Å². The third-order valence-electron chi connectivity index (χ3n) is 3.67. The van der Waals surface area contributed by atoms with Gasteiger partial charge in [-0.2, -0.15) is 5.10 Å². The van der Waals surface area contributed by atoms with Crippen LogP contribution < -0.4 is 10.2 Å². The smallest absolute Gasteiger partial charge is 0.277 e. The first-order valence-electron chi connectivity index (χ1n) is 8.33. The summed E-state index contributed by atoms with van der Waals surface area (Å²) in [7, 11) is 0. The first-order valence-corrected chi connectivity index (χ1v) is 9.12. The maximum atomic E-state index is 11.8. The third-order valence-corrected chi connectivity index (χ3v) is 4.29. The van der Waals surface area contributed by atoms with Gasteiger partial charge in [0.15, 0.2) is 6.61 Å². The van der Waals surface area contributed by atoms with Gasteiger partial charge in [0.1, 0.15) is 5.75 Å². The van der Waals surface area contributed by atoms with Gasteiger partial charge in [0.05, 0.1) is 4.47 Å². The second-order valence-electron chi connectivity index (χ2n) is 6.00. The standard InChI is InChI=1S/C20H23BrN2O2/c1-15(2)17-10-11-19(18(21)13-17)25-14-20(24)23-22-12-6-9-16-7-4-3-5-8-16/h3-5,7-8,10-13,15H,6,9,14H2,1-2H3,(H,23,24). The van der Waals surface area contributed by atoms with Crippen LogP contribution >= 0.6 is 15.9 Å². The molecule has 0 atom stereocenters. The van der Waals surface area contributed by atoms with Crippen molar-refractivity contribution in [3.8, 4) is 5.75 Å². The summed E-state index contributed by atoms with van der Waals surface area (Å²) in [4.78, 5) is 11.8. The van der Waals surface area contributed by atoms with Crippen LogP contribution in [0, 0.1) is 0 Å². The zero-order valence-corrected chi connectivity index (χ0v) is 16.1. The number of ether oxygens (including phenoxy) is 1. The fourth-order valence-corrected chi connectivity index (χ4v) is 2.74. The molecule has 2 rings (SSSR count). The maximum absolute atomic E-state index is 11.8. The van der Waals surface area contributed by atoms with Crippen LogP contribution in [0.25, 0.3) is 0 Å². The van der Waals surface area contributed by atoms with Crippen molar-refractivity contribution in [3.63, 3.8) is 0 Å². The zero-order chi connectivity index (χ0) is 18.1. The average Bonchev–Trinajstić information content (AvgIpc) is 2.61. The van der Waals surface area contributed by atoms with Gasteiger partial charge < -0.3 is 4.74 Å². The second kappa shape index (κ2) is 9.99. The number of amides is 1. The van der Waals surface area contributed by atoms with E-state index in [-0.39, 0.29) is 12.5 Å². The minimum absolute atomic E-state index is 0.0738. The monoisotopic (exact) mass is 402 g/mol. The van der Waals surface area contributed by atoms with Crippen molar-refractivity contribution in [3.05, 3.63) is 64.1 Å². The lowest BCUT2D eigenvalue weighted by Crippen LogP contribution is -2.24. The van der Waals surface area contributed by atoms with Crippen molar-refractivity contribution in [2.75, 3.05) is 6.61 Å². The Hall–Kier alpha value is -2.14. The number of hydrogen-bond donors (Lipinski definition) is 1. The Morgan fingerprint density at radius 2 is 2.00 bits per heavy atom. The number of aryl methyl sites for hydroxylation is 1. The summed E-state index contributed by atoms with van der Waals surface area (Å²) >= 11 is 3.47. The number of rotatable bonds is 8. The molecule has 5 heteroatoms. The number of nitrogens with one attached hydrogen (secondary N) is 1. The molecule has 0 spiro atoms. The maximum Gasteiger partial charge on any atom is 0.277 e. The van der Waals surface area contributed by atoms with Gasteiger partial charge in [0.25, 0.3) is 5.91 Å². The largest absolute Gasteiger partial charge is 0.483 e. The summed E-state index contributed by atoms with van der Waals surface area (Å²) in [6, 6.07) is 16.0. The van der Waals surface area contributed by atoms with Gasteiger partial charge in [0, 0.05) is 6.21 Å². The molecule has 25 heavy (non-hydrogen) atoms. The SMILES string of the molecule is CC(C)c1ccc(OCC(=O)NN=CCCc2ccccc2)c(Br)c1. The highest BCUT2D eigenvalue weighted by molar-refractivity contribution is 9.10. The molecule has 1 amide bonds. The fourth-order valence-electron chi connectivity index (χ4n) is 2.23. The minimum Gasteiger partial charge on any atom is -0.483 e. The first kappa shape index (κ1) is 19.2. The van der Waals surface area contributed by atoms with Crippen LogP contribution in [0.2, 0.25) is 0 Å². The average molecular weight is 403 g/mol. The molecule has 0 heterocycles. The van der Waals surface area contributed by atoms with E-state index in [1.807, 2.05) is 36.4 Å². The van der Waals surface area contributed by atoms with Crippen LogP contribution in [0.1, 0.15) is 37.3 Å². The lowest BCUT2D eigenvalue weighted by atomic mass is 10.0. The molecule has 0 saturated heterocycles. The predicted octanol–water partition coefficient (Wildman–Crippen LogP) is 4.69. The van der Waals surface area contributed by atoms with Gasteiger partial charge in [-0.05, 0) is 57.9 Å². The number of nitrogens with zero attached hydrogens (tertiary/aromatic N) is 1. The summed E-state index contributed by atoms with van der Waals surface area (Å²) in [6.45, 7) is 4.19. The van der Waals surface area contributed by atoms with E-state index in [0.29, 0.717) is 11.7 Å². The lowest BCUT2D eigenvalue weighted by molar-refractivity contribution is -0.123. The van der Waals surface area contributed by atoms with Crippen LogP contribution in [-0.2, 0) is 11.2 Å². The van der Waals surface area contributed by atoms with Crippen molar-refractivity contribution < 1.29 is 9.53 Å². The van der Waals surface area contributed by atoms with Gasteiger partial charge in [-0.3, -0.25) is 4.79 Å². The summed E-state index contributed by atoms with van der Waals surface area (Å²) in [5.74, 6) is 0.808. The Balaban J connectivity index is 1.71. The number of carbonyl (C=O) groups excluding carboxylic acids is 1. The molecule has 1 N–H and O–H groups in total. The molecule has 2 aromatic rings. The van der Waals surface area contributed by atoms with E-state index in [0.717, 1.165) is 17.3 Å². The molecule has 4 nitrogen and oxygen atoms in total. The highest BCUT2D eigenvalue weighted by Gasteiger charge is 2.07. The summed E-state index contributed by atoms with van der Waals surface area (Å²) in [6.07, 6.45) is 3.37. The van der Waals surface area contributed by atoms with Crippen molar-refractivity contribution >= 4 is 28.1 Å². The van der Waals surface area contributed by atoms with Crippen molar-refractivity contribution in [2.45, 2.75) is 32.6 Å². The number of halogens is 1. The fraction of sp³-hybridized carbons (Fsp3) is 0.300. The van der Waals surface area contributed by atoms with E-state index in [4.69, 9.17) is 4.74 Å². The van der Waals surface area contributed by atoms with E-state index >= 15 is 0 Å². The molecule has 0 aliphatic rings. The zero-order valence-electron chi connectivity index (χ0n) is 14.5. The van der Waals surface area contributed by atoms with Gasteiger partial charge in [-0.1, -0.05) is 50.2 Å². The summed E-state index contributed by atoms with van der Waals surface area (Å²) in [5, 5.41) is 3.94. The van der Waals surface area contributed by atoms with Crippen LogP contribution in [0.5, 0.6) is 5.75 Å². The Morgan fingerprint density at radius 3 is 2.68 bits per heavy atom. The van der Waals surface area contributed by atoms with Crippen molar-refractivity contribution in [1.82, 2.24) is 5.43 Å². The number of hydrogen-bond acceptors (Lipinski definition) is 3. The van der Waals surface area contributed by atoms with Gasteiger partial charge in [0.2, 0.25) is 0 Å². The lowest BCUT2D eigenvalue weighted by Gasteiger charge is -2.10. The van der Waals surface area contributed by atoms with E-state index in [9.17, 15) is 4.79 Å². The Morgan fingerprint density at radius 1 is 1.24 bits per heavy atom. The molecule has 2 aromatic carbocycles. The molecule has 0 bridgehead atoms. The van der Waals surface area contributed by atoms with Crippen LogP contribution in [0.3, 0.4) is 0 Å². The predicted molar refractivity (Wildman–Crippen MR) is 105 cm³/mol. The number of benzene rings is 2. The summed E-state index contributed by atoms with van der Waals surface area (Å²) < 4.78 is 6.37. The topological polar surface area (TPSA) is 50.7 Å². The highest BCUT2D eigenvalue weighted by atomic mass is 79.9. The minimum atomic E-state index is -0.282.